The maximum atomic E-state index is 12.7. The first-order chi connectivity index (χ1) is 12.9. The number of benzene rings is 1. The van der Waals surface area contributed by atoms with Gasteiger partial charge in [-0.2, -0.15) is 13.2 Å². The van der Waals surface area contributed by atoms with Crippen LogP contribution < -0.4 is 0 Å². The molecule has 2 aromatic rings. The Hall–Kier alpha value is -1.86. The van der Waals surface area contributed by atoms with Gasteiger partial charge in [0.15, 0.2) is 0 Å². The highest BCUT2D eigenvalue weighted by Crippen LogP contribution is 2.40. The topological polar surface area (TPSA) is 36.3 Å². The third-order valence-corrected chi connectivity index (χ3v) is 5.52. The van der Waals surface area contributed by atoms with Crippen LogP contribution >= 0.6 is 0 Å². The van der Waals surface area contributed by atoms with E-state index in [1.165, 1.54) is 6.07 Å². The van der Waals surface area contributed by atoms with Crippen molar-refractivity contribution in [3.8, 4) is 11.4 Å². The second-order valence-corrected chi connectivity index (χ2v) is 7.44. The van der Waals surface area contributed by atoms with Crippen LogP contribution in [0.4, 0.5) is 13.2 Å². The molecule has 4 rings (SSSR count). The quantitative estimate of drug-likeness (QED) is 0.784. The first kappa shape index (κ1) is 18.5. The van der Waals surface area contributed by atoms with E-state index in [4.69, 9.17) is 9.47 Å². The van der Waals surface area contributed by atoms with Crippen LogP contribution in [0.1, 0.15) is 37.3 Å². The summed E-state index contributed by atoms with van der Waals surface area (Å²) >= 11 is 0. The van der Waals surface area contributed by atoms with Gasteiger partial charge in [-0.1, -0.05) is 18.2 Å². The molecule has 0 radical (unpaired) electrons. The Bertz CT molecular complexity index is 776. The molecule has 1 aromatic heterocycles. The average Bonchev–Trinajstić information content (AvgIpc) is 3.11. The fraction of sp³-hybridized carbons (Fsp3) is 0.550. The van der Waals surface area contributed by atoms with E-state index in [2.05, 4.69) is 9.55 Å². The largest absolute Gasteiger partial charge is 0.393 e. The molecule has 27 heavy (non-hydrogen) atoms. The molecule has 1 spiro atoms. The predicted octanol–water partition coefficient (Wildman–Crippen LogP) is 4.56. The molecule has 2 fully saturated rings. The number of hydrogen-bond acceptors (Lipinski definition) is 3. The molecule has 2 aliphatic rings. The molecular formula is C20H23F3N2O2. The highest BCUT2D eigenvalue weighted by atomic mass is 19.4. The van der Waals surface area contributed by atoms with Crippen molar-refractivity contribution in [2.45, 2.75) is 49.9 Å². The lowest BCUT2D eigenvalue weighted by molar-refractivity contribution is -0.144. The van der Waals surface area contributed by atoms with Gasteiger partial charge in [-0.05, 0) is 37.3 Å². The molecule has 0 amide bonds. The van der Waals surface area contributed by atoms with Crippen molar-refractivity contribution in [2.75, 3.05) is 19.8 Å². The minimum absolute atomic E-state index is 0.152. The van der Waals surface area contributed by atoms with Crippen molar-refractivity contribution in [1.29, 1.82) is 0 Å². The van der Waals surface area contributed by atoms with Crippen LogP contribution in [0.5, 0.6) is 0 Å². The van der Waals surface area contributed by atoms with E-state index in [1.807, 2.05) is 12.3 Å². The first-order valence-electron chi connectivity index (χ1n) is 9.35. The Kier molecular flexibility index (Phi) is 4.99. The molecule has 4 nitrogen and oxygen atoms in total. The summed E-state index contributed by atoms with van der Waals surface area (Å²) in [6.07, 6.45) is 2.01. The van der Waals surface area contributed by atoms with E-state index in [1.54, 1.807) is 18.3 Å². The van der Waals surface area contributed by atoms with Crippen LogP contribution in [0.15, 0.2) is 36.7 Å². The normalized spacial score (nSPS) is 22.9. The lowest BCUT2D eigenvalue weighted by atomic mass is 9.84. The molecule has 0 N–H and O–H groups in total. The molecule has 0 bridgehead atoms. The van der Waals surface area contributed by atoms with E-state index in [9.17, 15) is 13.2 Å². The maximum absolute atomic E-state index is 12.7. The molecule has 1 unspecified atom stereocenters. The number of aromatic nitrogens is 2. The highest BCUT2D eigenvalue weighted by Gasteiger charge is 2.40. The summed E-state index contributed by atoms with van der Waals surface area (Å²) in [5, 5.41) is 0. The van der Waals surface area contributed by atoms with Gasteiger partial charge in [0, 0.05) is 43.8 Å². The summed E-state index contributed by atoms with van der Waals surface area (Å²) in [6, 6.07) is 6.81. The van der Waals surface area contributed by atoms with Crippen molar-refractivity contribution >= 4 is 0 Å². The van der Waals surface area contributed by atoms with Gasteiger partial charge < -0.3 is 14.0 Å². The van der Waals surface area contributed by atoms with Crippen molar-refractivity contribution < 1.29 is 22.6 Å². The zero-order valence-electron chi connectivity index (χ0n) is 15.0. The lowest BCUT2D eigenvalue weighted by Gasteiger charge is -2.43. The molecule has 7 heteroatoms. The second kappa shape index (κ2) is 7.28. The third kappa shape index (κ3) is 4.19. The van der Waals surface area contributed by atoms with Gasteiger partial charge in [0.05, 0.1) is 12.0 Å². The fourth-order valence-corrected chi connectivity index (χ4v) is 4.21. The summed E-state index contributed by atoms with van der Waals surface area (Å²) in [5.41, 5.74) is 0.817. The van der Waals surface area contributed by atoms with Crippen LogP contribution in [0, 0.1) is 0 Å². The number of halogens is 3. The summed E-state index contributed by atoms with van der Waals surface area (Å²) in [5.74, 6) is 0.716. The Morgan fingerprint density at radius 3 is 2.78 bits per heavy atom. The molecule has 1 atom stereocenters. The third-order valence-electron chi connectivity index (χ3n) is 5.52. The highest BCUT2D eigenvalue weighted by molar-refractivity contribution is 5.57. The van der Waals surface area contributed by atoms with Crippen molar-refractivity contribution in [2.24, 2.45) is 0 Å². The number of nitrogens with zero attached hydrogens (tertiary/aromatic N) is 2. The van der Waals surface area contributed by atoms with E-state index in [0.717, 1.165) is 25.7 Å². The molecule has 0 saturated carbocycles. The maximum Gasteiger partial charge on any atom is 0.393 e. The lowest BCUT2D eigenvalue weighted by Crippen LogP contribution is -2.44. The van der Waals surface area contributed by atoms with Crippen molar-refractivity contribution in [3.63, 3.8) is 0 Å². The monoisotopic (exact) mass is 380 g/mol. The minimum atomic E-state index is -4.22. The number of alkyl halides is 3. The van der Waals surface area contributed by atoms with Crippen LogP contribution in [0.2, 0.25) is 0 Å². The first-order valence-corrected chi connectivity index (χ1v) is 9.35. The predicted molar refractivity (Wildman–Crippen MR) is 94.4 cm³/mol. The van der Waals surface area contributed by atoms with Crippen LogP contribution in [0.3, 0.4) is 0 Å². The summed E-state index contributed by atoms with van der Waals surface area (Å²) in [6.45, 7) is 2.10. The number of ether oxygens (including phenoxy) is 2. The smallest absolute Gasteiger partial charge is 0.381 e. The molecule has 146 valence electrons. The number of rotatable bonds is 3. The van der Waals surface area contributed by atoms with Crippen molar-refractivity contribution in [3.05, 3.63) is 42.2 Å². The minimum Gasteiger partial charge on any atom is -0.381 e. The SMILES string of the molecule is FC(F)(F)Cc1cccc(-c2nccn2C2CCOC3(CCOCC3)C2)c1. The zero-order chi connectivity index (χ0) is 18.9. The summed E-state index contributed by atoms with van der Waals surface area (Å²) in [7, 11) is 0. The van der Waals surface area contributed by atoms with Crippen molar-refractivity contribution in [1.82, 2.24) is 9.55 Å². The fourth-order valence-electron chi connectivity index (χ4n) is 4.21. The van der Waals surface area contributed by atoms with Gasteiger partial charge in [-0.3, -0.25) is 0 Å². The zero-order valence-corrected chi connectivity index (χ0v) is 15.0. The summed E-state index contributed by atoms with van der Waals surface area (Å²) < 4.78 is 51.9. The van der Waals surface area contributed by atoms with Gasteiger partial charge in [-0.15, -0.1) is 0 Å². The Morgan fingerprint density at radius 2 is 2.00 bits per heavy atom. The molecule has 2 aliphatic heterocycles. The van der Waals surface area contributed by atoms with Gasteiger partial charge in [0.1, 0.15) is 5.82 Å². The molecule has 0 aliphatic carbocycles. The van der Waals surface area contributed by atoms with Crippen LogP contribution in [-0.4, -0.2) is 41.1 Å². The average molecular weight is 380 g/mol. The van der Waals surface area contributed by atoms with E-state index in [0.29, 0.717) is 31.2 Å². The molecule has 2 saturated heterocycles. The van der Waals surface area contributed by atoms with E-state index < -0.39 is 12.6 Å². The Balaban J connectivity index is 1.59. The number of hydrogen-bond donors (Lipinski definition) is 0. The van der Waals surface area contributed by atoms with Crippen LogP contribution in [0.25, 0.3) is 11.4 Å². The Morgan fingerprint density at radius 1 is 1.19 bits per heavy atom. The van der Waals surface area contributed by atoms with Gasteiger partial charge in [0.25, 0.3) is 0 Å². The standard InChI is InChI=1S/C20H23F3N2O2/c21-20(22,23)13-15-2-1-3-16(12-15)18-24-7-8-25(18)17-4-9-27-19(14-17)5-10-26-11-6-19/h1-3,7-8,12,17H,4-6,9-11,13-14H2. The number of imidazole rings is 1. The van der Waals surface area contributed by atoms with E-state index in [-0.39, 0.29) is 17.2 Å². The van der Waals surface area contributed by atoms with Gasteiger partial charge in [-0.25, -0.2) is 4.98 Å². The van der Waals surface area contributed by atoms with Crippen LogP contribution in [-0.2, 0) is 15.9 Å². The van der Waals surface area contributed by atoms with Gasteiger partial charge in [0.2, 0.25) is 0 Å². The molecule has 1 aromatic carbocycles. The second-order valence-electron chi connectivity index (χ2n) is 7.44. The Labute approximate surface area is 156 Å². The molecular weight excluding hydrogens is 357 g/mol. The summed E-state index contributed by atoms with van der Waals surface area (Å²) in [4.78, 5) is 4.45. The van der Waals surface area contributed by atoms with Gasteiger partial charge >= 0.3 is 6.18 Å². The van der Waals surface area contributed by atoms with E-state index >= 15 is 0 Å². The molecule has 3 heterocycles.